The standard InChI is InChI=1S/C71H87N11O13S/c1-42(2)94-59-9-7-6-8-49(59)57-36-78(58-40-91-38-52-62(58)63-65(92-28-18-70(63,4)5)67(74-52)79-24-29-90-37-43(79)3)22-23-80(57)47-34-71(35-47)16-20-77(21-17-71)46-10-11-50(54(31-46)81-53-15-27-89-41-61(53)95-69-56(81)30-45-12-19-72-66(45)75-69)68(83)76-96(86,87)48-32-55(82(84)85)64-60(33-48)93-39-51(73-64)44-13-25-88-26-14-44/h6-12,19,30-33,42-44,47,51,53,57-58,61,73H,13-18,20-29,34-41H2,1-5H3,(H,72,75)(H,76,83)/t43-,51-,53-,57-,58+,61-/m0/s1. The lowest BCUT2D eigenvalue weighted by Crippen LogP contribution is -2.60. The van der Waals surface area contributed by atoms with Crippen molar-refractivity contribution in [3.63, 3.8) is 0 Å². The van der Waals surface area contributed by atoms with Crippen LogP contribution in [0.4, 0.5) is 34.3 Å². The summed E-state index contributed by atoms with van der Waals surface area (Å²) in [7, 11) is -4.74. The van der Waals surface area contributed by atoms with E-state index < -0.39 is 37.5 Å². The molecule has 25 heteroatoms. The minimum Gasteiger partial charge on any atom is -0.491 e. The Balaban J connectivity index is 0.676. The van der Waals surface area contributed by atoms with Crippen LogP contribution in [0.15, 0.2) is 77.8 Å². The van der Waals surface area contributed by atoms with Crippen LogP contribution in [0.2, 0.25) is 0 Å². The van der Waals surface area contributed by atoms with Crippen LogP contribution < -0.4 is 43.7 Å². The number of nitro groups is 1. The highest BCUT2D eigenvalue weighted by molar-refractivity contribution is 7.90. The quantitative estimate of drug-likeness (QED) is 0.0718. The van der Waals surface area contributed by atoms with Crippen LogP contribution in [0.1, 0.15) is 131 Å². The fourth-order valence-electron chi connectivity index (χ4n) is 17.3. The molecule has 16 rings (SSSR count). The fraction of sp³-hybridized carbons (Fsp3) is 0.563. The summed E-state index contributed by atoms with van der Waals surface area (Å²) in [5, 5.41) is 16.8. The Labute approximate surface area is 559 Å². The van der Waals surface area contributed by atoms with E-state index in [1.54, 1.807) is 6.07 Å². The van der Waals surface area contributed by atoms with Crippen molar-refractivity contribution >= 4 is 61.2 Å². The smallest absolute Gasteiger partial charge is 0.297 e. The second kappa shape index (κ2) is 25.1. The number of ether oxygens (including phenoxy) is 8. The predicted molar refractivity (Wildman–Crippen MR) is 360 cm³/mol. The van der Waals surface area contributed by atoms with E-state index in [0.717, 1.165) is 124 Å². The van der Waals surface area contributed by atoms with E-state index in [2.05, 4.69) is 98.4 Å². The zero-order valence-electron chi connectivity index (χ0n) is 55.4. The van der Waals surface area contributed by atoms with Gasteiger partial charge >= 0.3 is 0 Å². The molecule has 0 unspecified atom stereocenters. The number of pyridine rings is 2. The highest BCUT2D eigenvalue weighted by Crippen LogP contribution is 2.56. The molecule has 10 aliphatic rings. The number of nitrogens with zero attached hydrogens (tertiary/aromatic N) is 8. The van der Waals surface area contributed by atoms with Crippen LogP contribution in [0.5, 0.6) is 23.1 Å². The number of aromatic amines is 1. The Morgan fingerprint density at radius 1 is 0.833 bits per heavy atom. The summed E-state index contributed by atoms with van der Waals surface area (Å²) < 4.78 is 81.6. The summed E-state index contributed by atoms with van der Waals surface area (Å²) in [5.74, 6) is 2.39. The minimum atomic E-state index is -4.74. The number of sulfonamides is 1. The maximum Gasteiger partial charge on any atom is 0.297 e. The van der Waals surface area contributed by atoms with Crippen molar-refractivity contribution in [3.05, 3.63) is 111 Å². The van der Waals surface area contributed by atoms with Gasteiger partial charge in [0.2, 0.25) is 5.88 Å². The Hall–Kier alpha value is -7.52. The molecule has 510 valence electrons. The third-order valence-corrected chi connectivity index (χ3v) is 23.7. The van der Waals surface area contributed by atoms with Crippen LogP contribution in [-0.4, -0.2) is 179 Å². The van der Waals surface area contributed by atoms with Crippen LogP contribution in [0, 0.1) is 21.4 Å². The average Bonchev–Trinajstić information content (AvgIpc) is 0.766. The molecule has 0 radical (unpaired) electrons. The number of nitro benzene ring substituents is 1. The topological polar surface area (TPSA) is 250 Å². The molecule has 6 aromatic rings. The maximum absolute atomic E-state index is 15.1. The van der Waals surface area contributed by atoms with Gasteiger partial charge in [-0.2, -0.15) is 4.98 Å². The average molecular weight is 1330 g/mol. The van der Waals surface area contributed by atoms with E-state index >= 15 is 4.79 Å². The van der Waals surface area contributed by atoms with Gasteiger partial charge in [0.05, 0.1) is 103 Å². The molecule has 12 heterocycles. The number of piperidine rings is 1. The van der Waals surface area contributed by atoms with E-state index in [9.17, 15) is 18.5 Å². The highest BCUT2D eigenvalue weighted by Gasteiger charge is 2.52. The second-order valence-electron chi connectivity index (χ2n) is 29.0. The summed E-state index contributed by atoms with van der Waals surface area (Å²) in [6, 6.07) is 20.4. The Bertz CT molecular complexity index is 4090. The van der Waals surface area contributed by atoms with Crippen molar-refractivity contribution < 1.29 is 56.0 Å². The van der Waals surface area contributed by atoms with Gasteiger partial charge in [0.25, 0.3) is 21.6 Å². The summed E-state index contributed by atoms with van der Waals surface area (Å²) in [4.78, 5) is 52.6. The number of H-pyrrole nitrogens is 1. The van der Waals surface area contributed by atoms with Crippen molar-refractivity contribution in [1.82, 2.24) is 29.5 Å². The van der Waals surface area contributed by atoms with Gasteiger partial charge in [0, 0.05) is 111 Å². The number of fused-ring (bicyclic) bond motifs is 7. The second-order valence-corrected chi connectivity index (χ2v) is 30.7. The monoisotopic (exact) mass is 1330 g/mol. The Morgan fingerprint density at radius 3 is 2.46 bits per heavy atom. The van der Waals surface area contributed by atoms with Crippen molar-refractivity contribution in [2.45, 2.75) is 151 Å². The van der Waals surface area contributed by atoms with Gasteiger partial charge in [0.15, 0.2) is 23.0 Å². The molecular weight excluding hydrogens is 1250 g/mol. The largest absolute Gasteiger partial charge is 0.491 e. The minimum absolute atomic E-state index is 0.00141. The number of carbonyl (C=O) groups excluding carboxylic acids is 1. The highest BCUT2D eigenvalue weighted by atomic mass is 32.2. The van der Waals surface area contributed by atoms with Crippen molar-refractivity contribution in [2.75, 3.05) is 119 Å². The zero-order valence-corrected chi connectivity index (χ0v) is 56.2. The molecule has 3 N–H and O–H groups in total. The number of morpholine rings is 1. The van der Waals surface area contributed by atoms with Crippen LogP contribution in [0.25, 0.3) is 11.0 Å². The Kier molecular flexibility index (Phi) is 16.5. The third kappa shape index (κ3) is 11.5. The van der Waals surface area contributed by atoms with Crippen molar-refractivity contribution in [2.24, 2.45) is 11.3 Å². The number of carbonyl (C=O) groups is 1. The maximum atomic E-state index is 15.1. The molecule has 1 saturated carbocycles. The molecule has 9 aliphatic heterocycles. The third-order valence-electron chi connectivity index (χ3n) is 22.4. The Morgan fingerprint density at radius 2 is 1.65 bits per heavy atom. The molecule has 0 bridgehead atoms. The number of anilines is 5. The van der Waals surface area contributed by atoms with Gasteiger partial charge in [-0.3, -0.25) is 24.7 Å². The number of piperazine rings is 1. The fourth-order valence-corrected chi connectivity index (χ4v) is 18.3. The van der Waals surface area contributed by atoms with E-state index in [0.29, 0.717) is 88.2 Å². The molecule has 1 aliphatic carbocycles. The number of benzene rings is 3. The van der Waals surface area contributed by atoms with Gasteiger partial charge in [0.1, 0.15) is 29.8 Å². The summed E-state index contributed by atoms with van der Waals surface area (Å²) >= 11 is 0. The van der Waals surface area contributed by atoms with E-state index in [-0.39, 0.29) is 83.3 Å². The molecule has 3 aromatic heterocycles. The lowest BCUT2D eigenvalue weighted by molar-refractivity contribution is -0.384. The first kappa shape index (κ1) is 63.2. The molecule has 1 amide bonds. The van der Waals surface area contributed by atoms with Gasteiger partial charge < -0.3 is 62.9 Å². The number of hydrogen-bond donors (Lipinski definition) is 3. The first-order valence-corrected chi connectivity index (χ1v) is 36.1. The van der Waals surface area contributed by atoms with Crippen LogP contribution in [0.3, 0.4) is 0 Å². The number of para-hydroxylation sites is 1. The number of nitrogens with one attached hydrogen (secondary N) is 3. The van der Waals surface area contributed by atoms with Gasteiger partial charge in [-0.25, -0.2) is 18.1 Å². The molecule has 6 atom stereocenters. The normalized spacial score (nSPS) is 26.0. The molecule has 5 saturated heterocycles. The van der Waals surface area contributed by atoms with Crippen molar-refractivity contribution in [3.8, 4) is 23.1 Å². The first-order valence-electron chi connectivity index (χ1n) is 34.6. The van der Waals surface area contributed by atoms with Gasteiger partial charge in [-0.1, -0.05) is 32.0 Å². The predicted octanol–water partition coefficient (Wildman–Crippen LogP) is 9.72. The SMILES string of the molecule is CC(C)Oc1ccccc1[C@@H]1CN([C@@H]2COCc3nc(N4CCOC[C@@H]4C)c4c(c32)C(C)(C)CCO4)CCN1C1CC2(CCN(c3ccc(C(=O)NS(=O)(=O)c4cc5c(c([N+](=O)[O-])c4)N[C@H](C4CCOCC4)CO5)c(N4c5cc6cc[nH]c6nc5O[C@H]5COCC[C@@H]54)c3)CC2)C1. The lowest BCUT2D eigenvalue weighted by atomic mass is 9.59. The van der Waals surface area contributed by atoms with E-state index in [1.807, 2.05) is 30.5 Å². The molecular formula is C71H87N11O13S. The number of amides is 1. The number of hydrogen-bond acceptors (Lipinski definition) is 21. The molecule has 96 heavy (non-hydrogen) atoms. The van der Waals surface area contributed by atoms with Gasteiger partial charge in [-0.15, -0.1) is 0 Å². The van der Waals surface area contributed by atoms with E-state index in [4.69, 9.17) is 47.9 Å². The zero-order chi connectivity index (χ0) is 65.8. The molecule has 1 spiro atoms. The van der Waals surface area contributed by atoms with Gasteiger partial charge in [-0.05, 0) is 125 Å². The molecule has 3 aromatic carbocycles. The lowest BCUT2D eigenvalue weighted by Gasteiger charge is -2.59. The summed E-state index contributed by atoms with van der Waals surface area (Å²) in [6.45, 7) is 21.0. The molecule has 24 nitrogen and oxygen atoms in total. The van der Waals surface area contributed by atoms with Crippen LogP contribution in [-0.2, 0) is 41.0 Å². The first-order chi connectivity index (χ1) is 46.5. The van der Waals surface area contributed by atoms with Crippen LogP contribution >= 0.6 is 0 Å². The number of rotatable bonds is 13. The summed E-state index contributed by atoms with van der Waals surface area (Å²) in [6.07, 6.45) is 8.39. The summed E-state index contributed by atoms with van der Waals surface area (Å²) in [5.41, 5.74) is 7.11. The molecule has 6 fully saturated rings. The van der Waals surface area contributed by atoms with E-state index in [1.165, 1.54) is 22.8 Å². The van der Waals surface area contributed by atoms with Crippen molar-refractivity contribution in [1.29, 1.82) is 0 Å². The number of aromatic nitrogens is 3.